The van der Waals surface area contributed by atoms with Crippen LogP contribution in [0.4, 0.5) is 5.69 Å². The molecule has 1 aliphatic carbocycles. The number of aromatic nitrogens is 1. The Morgan fingerprint density at radius 1 is 0.763 bits per heavy atom. The highest BCUT2D eigenvalue weighted by Crippen LogP contribution is 2.55. The van der Waals surface area contributed by atoms with Crippen LogP contribution in [0.3, 0.4) is 0 Å². The fraction of sp³-hybridized carbons (Fsp3) is 0.176. The molecule has 3 nitrogen and oxygen atoms in total. The van der Waals surface area contributed by atoms with Crippen LogP contribution >= 0.6 is 11.8 Å². The summed E-state index contributed by atoms with van der Waals surface area (Å²) in [6, 6.07) is 26.3. The van der Waals surface area contributed by atoms with E-state index < -0.39 is 0 Å². The maximum Gasteiger partial charge on any atom is 0.102 e. The van der Waals surface area contributed by atoms with Gasteiger partial charge in [0, 0.05) is 43.3 Å². The van der Waals surface area contributed by atoms with Crippen molar-refractivity contribution in [1.82, 2.24) is 10.3 Å². The molecule has 0 saturated heterocycles. The normalized spacial score (nSPS) is 18.5. The zero-order valence-corrected chi connectivity index (χ0v) is 22.7. The van der Waals surface area contributed by atoms with Crippen LogP contribution in [0.1, 0.15) is 39.0 Å². The van der Waals surface area contributed by atoms with Gasteiger partial charge in [0.1, 0.15) is 5.03 Å². The molecule has 3 aromatic carbocycles. The second-order valence-corrected chi connectivity index (χ2v) is 12.7. The highest BCUT2D eigenvalue weighted by Gasteiger charge is 2.48. The molecule has 0 spiro atoms. The number of pyridine rings is 1. The van der Waals surface area contributed by atoms with Gasteiger partial charge in [-0.25, -0.2) is 9.98 Å². The van der Waals surface area contributed by atoms with Crippen molar-refractivity contribution in [3.8, 4) is 22.3 Å². The van der Waals surface area contributed by atoms with Crippen LogP contribution in [-0.2, 0) is 5.41 Å². The van der Waals surface area contributed by atoms with Gasteiger partial charge < -0.3 is 5.32 Å². The van der Waals surface area contributed by atoms with Crippen molar-refractivity contribution in [2.45, 2.75) is 43.0 Å². The third-order valence-electron chi connectivity index (χ3n) is 9.20. The second-order valence-electron chi connectivity index (χ2n) is 11.6. The SMILES string of the molecule is CC1(C)C2=C3NC(=c4cccc5c4=Nc4c(cccc4-5)-c4cccc(c4)Sc4ccc(c3n4)C1(C)C)C=C2. The molecule has 38 heavy (non-hydrogen) atoms. The maximum atomic E-state index is 5.30. The average molecular weight is 510 g/mol. The molecule has 8 bridgehead atoms. The zero-order valence-electron chi connectivity index (χ0n) is 21.9. The number of hydrogen-bond donors (Lipinski definition) is 1. The Labute approximate surface area is 226 Å². The summed E-state index contributed by atoms with van der Waals surface area (Å²) in [5.74, 6) is 0. The number of para-hydroxylation sites is 2. The Morgan fingerprint density at radius 2 is 1.55 bits per heavy atom. The van der Waals surface area contributed by atoms with Crippen molar-refractivity contribution in [3.63, 3.8) is 0 Å². The van der Waals surface area contributed by atoms with E-state index >= 15 is 0 Å². The lowest BCUT2D eigenvalue weighted by atomic mass is 9.56. The minimum atomic E-state index is -0.0796. The Hall–Kier alpha value is -3.89. The molecular weight excluding hydrogens is 482 g/mol. The van der Waals surface area contributed by atoms with E-state index in [0.29, 0.717) is 0 Å². The Bertz CT molecular complexity index is 1920. The monoisotopic (exact) mass is 509 g/mol. The summed E-state index contributed by atoms with van der Waals surface area (Å²) >= 11 is 1.72. The predicted octanol–water partition coefficient (Wildman–Crippen LogP) is 7.14. The number of fused-ring (bicyclic) bond motifs is 6. The molecule has 0 amide bonds. The first kappa shape index (κ1) is 22.1. The molecule has 4 heterocycles. The number of benzene rings is 3. The minimum absolute atomic E-state index is 0.0773. The summed E-state index contributed by atoms with van der Waals surface area (Å²) in [6.45, 7) is 9.40. The van der Waals surface area contributed by atoms with Crippen LogP contribution in [0.2, 0.25) is 0 Å². The van der Waals surface area contributed by atoms with E-state index in [1.807, 2.05) is 0 Å². The molecule has 0 saturated carbocycles. The zero-order chi connectivity index (χ0) is 25.8. The quantitative estimate of drug-likeness (QED) is 0.241. The molecule has 0 unspecified atom stereocenters. The highest BCUT2D eigenvalue weighted by molar-refractivity contribution is 7.99. The molecule has 1 aromatic heterocycles. The highest BCUT2D eigenvalue weighted by atomic mass is 32.2. The third kappa shape index (κ3) is 2.81. The average Bonchev–Trinajstić information content (AvgIpc) is 3.31. The summed E-state index contributed by atoms with van der Waals surface area (Å²) < 4.78 is 0. The number of nitrogens with zero attached hydrogens (tertiary/aromatic N) is 2. The summed E-state index contributed by atoms with van der Waals surface area (Å²) in [4.78, 5) is 11.8. The van der Waals surface area contributed by atoms with Gasteiger partial charge in [-0.1, -0.05) is 100 Å². The molecule has 0 atom stereocenters. The van der Waals surface area contributed by atoms with Crippen LogP contribution in [0.25, 0.3) is 33.6 Å². The van der Waals surface area contributed by atoms with E-state index in [1.54, 1.807) is 11.8 Å². The van der Waals surface area contributed by atoms with Crippen molar-refractivity contribution in [1.29, 1.82) is 0 Å². The number of rotatable bonds is 0. The standard InChI is InChI=1S/C34H27N3S/c1-33(2)25-14-16-27-24-13-7-12-23-22-11-6-10-21(29(22)37-30(23)24)19-8-5-9-20(18-19)38-28-17-15-26(34(33,3)4)32(36-28)31(25)35-27/h5-18,35H,1-4H3. The fourth-order valence-corrected chi connectivity index (χ4v) is 7.24. The predicted molar refractivity (Wildman–Crippen MR) is 156 cm³/mol. The first-order valence-electron chi connectivity index (χ1n) is 13.2. The summed E-state index contributed by atoms with van der Waals surface area (Å²) in [5, 5.41) is 7.01. The van der Waals surface area contributed by atoms with Gasteiger partial charge in [0.15, 0.2) is 0 Å². The van der Waals surface area contributed by atoms with E-state index in [4.69, 9.17) is 9.98 Å². The van der Waals surface area contributed by atoms with Gasteiger partial charge in [-0.15, -0.1) is 0 Å². The Kier molecular flexibility index (Phi) is 4.28. The number of allylic oxidation sites excluding steroid dienone is 2. The van der Waals surface area contributed by atoms with Crippen molar-refractivity contribution in [2.24, 2.45) is 10.4 Å². The topological polar surface area (TPSA) is 37.3 Å². The minimum Gasteiger partial charge on any atom is -0.353 e. The van der Waals surface area contributed by atoms with Crippen LogP contribution in [-0.4, -0.2) is 4.98 Å². The smallest absolute Gasteiger partial charge is 0.102 e. The lowest BCUT2D eigenvalue weighted by Crippen LogP contribution is -2.45. The largest absolute Gasteiger partial charge is 0.353 e. The summed E-state index contributed by atoms with van der Waals surface area (Å²) in [7, 11) is 0. The fourth-order valence-electron chi connectivity index (χ4n) is 6.40. The molecular formula is C34H27N3S. The number of nitrogens with one attached hydrogen (secondary N) is 1. The lowest BCUT2D eigenvalue weighted by Gasteiger charge is -2.49. The van der Waals surface area contributed by atoms with E-state index in [2.05, 4.69) is 118 Å². The molecule has 0 fully saturated rings. The van der Waals surface area contributed by atoms with E-state index in [0.717, 1.165) is 43.9 Å². The molecule has 1 N–H and O–H groups in total. The van der Waals surface area contributed by atoms with Crippen LogP contribution in [0.5, 0.6) is 0 Å². The Balaban J connectivity index is 1.50. The molecule has 0 radical (unpaired) electrons. The molecule has 4 aliphatic rings. The van der Waals surface area contributed by atoms with Crippen molar-refractivity contribution < 1.29 is 0 Å². The molecule has 8 rings (SSSR count). The molecule has 3 aliphatic heterocycles. The number of dihydropyridines is 1. The van der Waals surface area contributed by atoms with Crippen molar-refractivity contribution >= 4 is 28.8 Å². The van der Waals surface area contributed by atoms with Gasteiger partial charge in [-0.3, -0.25) is 0 Å². The first-order chi connectivity index (χ1) is 18.3. The number of hydrogen-bond acceptors (Lipinski definition) is 4. The van der Waals surface area contributed by atoms with E-state index in [1.165, 1.54) is 32.7 Å². The maximum absolute atomic E-state index is 5.30. The van der Waals surface area contributed by atoms with Crippen LogP contribution in [0.15, 0.2) is 105 Å². The first-order valence-corrected chi connectivity index (χ1v) is 14.0. The van der Waals surface area contributed by atoms with Gasteiger partial charge >= 0.3 is 0 Å². The Morgan fingerprint density at radius 3 is 2.45 bits per heavy atom. The van der Waals surface area contributed by atoms with Gasteiger partial charge in [-0.05, 0) is 41.0 Å². The van der Waals surface area contributed by atoms with E-state index in [-0.39, 0.29) is 10.8 Å². The van der Waals surface area contributed by atoms with Gasteiger partial charge in [0.25, 0.3) is 0 Å². The van der Waals surface area contributed by atoms with Crippen LogP contribution < -0.4 is 15.9 Å². The van der Waals surface area contributed by atoms with Crippen molar-refractivity contribution in [2.75, 3.05) is 0 Å². The van der Waals surface area contributed by atoms with E-state index in [9.17, 15) is 0 Å². The molecule has 4 heteroatoms. The van der Waals surface area contributed by atoms with Gasteiger partial charge in [0.05, 0.1) is 22.4 Å². The van der Waals surface area contributed by atoms with Gasteiger partial charge in [-0.2, -0.15) is 0 Å². The second kappa shape index (κ2) is 7.36. The molecule has 184 valence electrons. The molecule has 4 aromatic rings. The summed E-state index contributed by atoms with van der Waals surface area (Å²) in [5.41, 5.74) is 11.4. The van der Waals surface area contributed by atoms with Crippen molar-refractivity contribution in [3.05, 3.63) is 112 Å². The lowest BCUT2D eigenvalue weighted by molar-refractivity contribution is 0.247. The third-order valence-corrected chi connectivity index (χ3v) is 10.1. The summed E-state index contributed by atoms with van der Waals surface area (Å²) in [6.07, 6.45) is 4.54. The van der Waals surface area contributed by atoms with Crippen LogP contribution in [0, 0.1) is 5.41 Å². The van der Waals surface area contributed by atoms with Gasteiger partial charge in [0.2, 0.25) is 0 Å².